The first-order valence-corrected chi connectivity index (χ1v) is 8.01. The average Bonchev–Trinajstić information content (AvgIpc) is 2.62. The lowest BCUT2D eigenvalue weighted by Gasteiger charge is -2.33. The van der Waals surface area contributed by atoms with Crippen LogP contribution in [-0.2, 0) is 6.54 Å². The molecule has 8 heteroatoms. The van der Waals surface area contributed by atoms with Crippen molar-refractivity contribution < 1.29 is 13.6 Å². The maximum absolute atomic E-state index is 13.6. The first kappa shape index (κ1) is 17.2. The molecule has 0 radical (unpaired) electrons. The first-order chi connectivity index (χ1) is 12.0. The number of anilines is 1. The van der Waals surface area contributed by atoms with Crippen LogP contribution in [0.2, 0.25) is 0 Å². The SMILES string of the molecule is CN1CCN(c2cc(C(=O)NCc3c(F)cccc3F)ncn2)CC1. The Morgan fingerprint density at radius 3 is 2.52 bits per heavy atom. The summed E-state index contributed by atoms with van der Waals surface area (Å²) >= 11 is 0. The Labute approximate surface area is 144 Å². The zero-order valence-corrected chi connectivity index (χ0v) is 13.9. The number of rotatable bonds is 4. The maximum atomic E-state index is 13.6. The molecule has 132 valence electrons. The van der Waals surface area contributed by atoms with E-state index in [4.69, 9.17) is 0 Å². The third-order valence-electron chi connectivity index (χ3n) is 4.20. The van der Waals surface area contributed by atoms with Crippen molar-refractivity contribution in [3.8, 4) is 0 Å². The van der Waals surface area contributed by atoms with Crippen molar-refractivity contribution in [2.24, 2.45) is 0 Å². The minimum Gasteiger partial charge on any atom is -0.354 e. The zero-order valence-electron chi connectivity index (χ0n) is 13.9. The summed E-state index contributed by atoms with van der Waals surface area (Å²) in [6.45, 7) is 3.21. The van der Waals surface area contributed by atoms with Gasteiger partial charge in [0, 0.05) is 44.4 Å². The molecule has 1 aliphatic heterocycles. The van der Waals surface area contributed by atoms with Crippen LogP contribution >= 0.6 is 0 Å². The van der Waals surface area contributed by atoms with Crippen LogP contribution in [-0.4, -0.2) is 54.0 Å². The van der Waals surface area contributed by atoms with Gasteiger partial charge in [-0.25, -0.2) is 18.7 Å². The molecular formula is C17H19F2N5O. The molecule has 1 saturated heterocycles. The van der Waals surface area contributed by atoms with Crippen molar-refractivity contribution in [3.63, 3.8) is 0 Å². The molecule has 0 spiro atoms. The number of hydrogen-bond acceptors (Lipinski definition) is 5. The summed E-state index contributed by atoms with van der Waals surface area (Å²) in [5.41, 5.74) is -0.00938. The van der Waals surface area contributed by atoms with Gasteiger partial charge in [-0.1, -0.05) is 6.07 Å². The molecule has 25 heavy (non-hydrogen) atoms. The Bertz CT molecular complexity index is 742. The summed E-state index contributed by atoms with van der Waals surface area (Å²) in [7, 11) is 2.05. The number of nitrogens with zero attached hydrogens (tertiary/aromatic N) is 4. The van der Waals surface area contributed by atoms with E-state index in [0.29, 0.717) is 5.82 Å². The predicted octanol–water partition coefficient (Wildman–Crippen LogP) is 1.44. The highest BCUT2D eigenvalue weighted by molar-refractivity contribution is 5.92. The van der Waals surface area contributed by atoms with Crippen LogP contribution in [0.25, 0.3) is 0 Å². The number of halogens is 2. The number of nitrogens with one attached hydrogen (secondary N) is 1. The lowest BCUT2D eigenvalue weighted by atomic mass is 10.2. The van der Waals surface area contributed by atoms with E-state index >= 15 is 0 Å². The van der Waals surface area contributed by atoms with Crippen LogP contribution in [0.5, 0.6) is 0 Å². The highest BCUT2D eigenvalue weighted by atomic mass is 19.1. The Morgan fingerprint density at radius 1 is 1.16 bits per heavy atom. The van der Waals surface area contributed by atoms with Crippen molar-refractivity contribution in [1.82, 2.24) is 20.2 Å². The van der Waals surface area contributed by atoms with Gasteiger partial charge in [-0.3, -0.25) is 4.79 Å². The summed E-state index contributed by atoms with van der Waals surface area (Å²) in [5.74, 6) is -1.21. The molecule has 1 aliphatic rings. The molecule has 0 bridgehead atoms. The normalized spacial score (nSPS) is 15.2. The van der Waals surface area contributed by atoms with E-state index in [2.05, 4.69) is 32.1 Å². The van der Waals surface area contributed by atoms with E-state index in [0.717, 1.165) is 38.3 Å². The Hall–Kier alpha value is -2.61. The van der Waals surface area contributed by atoms with Crippen LogP contribution in [0.1, 0.15) is 16.1 Å². The second-order valence-corrected chi connectivity index (χ2v) is 5.93. The van der Waals surface area contributed by atoms with Gasteiger partial charge in [0.25, 0.3) is 5.91 Å². The third kappa shape index (κ3) is 4.08. The van der Waals surface area contributed by atoms with Crippen molar-refractivity contribution in [1.29, 1.82) is 0 Å². The van der Waals surface area contributed by atoms with Gasteiger partial charge in [-0.2, -0.15) is 0 Å². The summed E-state index contributed by atoms with van der Waals surface area (Å²) in [6, 6.07) is 5.18. The van der Waals surface area contributed by atoms with Gasteiger partial charge >= 0.3 is 0 Å². The molecular weight excluding hydrogens is 328 g/mol. The lowest BCUT2D eigenvalue weighted by Crippen LogP contribution is -2.45. The maximum Gasteiger partial charge on any atom is 0.270 e. The van der Waals surface area contributed by atoms with Gasteiger partial charge in [-0.15, -0.1) is 0 Å². The zero-order chi connectivity index (χ0) is 17.8. The summed E-state index contributed by atoms with van der Waals surface area (Å²) in [6.07, 6.45) is 1.33. The highest BCUT2D eigenvalue weighted by Gasteiger charge is 2.18. The van der Waals surface area contributed by atoms with Crippen LogP contribution in [0.15, 0.2) is 30.6 Å². The van der Waals surface area contributed by atoms with Gasteiger partial charge in [0.2, 0.25) is 0 Å². The number of hydrogen-bond donors (Lipinski definition) is 1. The molecule has 0 aliphatic carbocycles. The van der Waals surface area contributed by atoms with Crippen LogP contribution < -0.4 is 10.2 Å². The van der Waals surface area contributed by atoms with E-state index < -0.39 is 17.5 Å². The van der Waals surface area contributed by atoms with Gasteiger partial charge < -0.3 is 15.1 Å². The number of likely N-dealkylation sites (N-methyl/N-ethyl adjacent to an activating group) is 1. The minimum atomic E-state index is -0.693. The van der Waals surface area contributed by atoms with Crippen molar-refractivity contribution in [2.45, 2.75) is 6.54 Å². The smallest absolute Gasteiger partial charge is 0.270 e. The fraction of sp³-hybridized carbons (Fsp3) is 0.353. The van der Waals surface area contributed by atoms with Crippen molar-refractivity contribution in [3.05, 3.63) is 53.5 Å². The molecule has 2 aromatic rings. The molecule has 1 aromatic carbocycles. The minimum absolute atomic E-state index is 0.167. The van der Waals surface area contributed by atoms with Crippen molar-refractivity contribution in [2.75, 3.05) is 38.1 Å². The number of carbonyl (C=O) groups is 1. The number of carbonyl (C=O) groups excluding carboxylic acids is 1. The van der Waals surface area contributed by atoms with E-state index in [-0.39, 0.29) is 17.8 Å². The molecule has 1 amide bonds. The number of aromatic nitrogens is 2. The van der Waals surface area contributed by atoms with E-state index in [1.54, 1.807) is 6.07 Å². The fourth-order valence-corrected chi connectivity index (χ4v) is 2.64. The topological polar surface area (TPSA) is 61.4 Å². The van der Waals surface area contributed by atoms with Crippen LogP contribution in [0.3, 0.4) is 0 Å². The predicted molar refractivity (Wildman–Crippen MR) is 89.3 cm³/mol. The van der Waals surface area contributed by atoms with Crippen LogP contribution in [0, 0.1) is 11.6 Å². The van der Waals surface area contributed by atoms with Crippen molar-refractivity contribution >= 4 is 11.7 Å². The van der Waals surface area contributed by atoms with Crippen LogP contribution in [0.4, 0.5) is 14.6 Å². The number of piperazine rings is 1. The molecule has 3 rings (SSSR count). The highest BCUT2D eigenvalue weighted by Crippen LogP contribution is 2.14. The largest absolute Gasteiger partial charge is 0.354 e. The Balaban J connectivity index is 1.67. The van der Waals surface area contributed by atoms with E-state index in [1.165, 1.54) is 12.4 Å². The number of benzene rings is 1. The summed E-state index contributed by atoms with van der Waals surface area (Å²) in [5, 5.41) is 2.50. The van der Waals surface area contributed by atoms with Gasteiger partial charge in [0.1, 0.15) is 29.5 Å². The average molecular weight is 347 g/mol. The second kappa shape index (κ2) is 7.52. The van der Waals surface area contributed by atoms with Gasteiger partial charge in [-0.05, 0) is 19.2 Å². The van der Waals surface area contributed by atoms with E-state index in [1.807, 2.05) is 0 Å². The third-order valence-corrected chi connectivity index (χ3v) is 4.20. The van der Waals surface area contributed by atoms with Gasteiger partial charge in [0.15, 0.2) is 0 Å². The standard InChI is InChI=1S/C17H19F2N5O/c1-23-5-7-24(8-6-23)16-9-15(21-11-22-16)17(25)20-10-12-13(18)3-2-4-14(12)19/h2-4,9,11H,5-8,10H2,1H3,(H,20,25). The van der Waals surface area contributed by atoms with E-state index in [9.17, 15) is 13.6 Å². The summed E-state index contributed by atoms with van der Waals surface area (Å²) in [4.78, 5) is 24.7. The quantitative estimate of drug-likeness (QED) is 0.907. The molecule has 0 atom stereocenters. The second-order valence-electron chi connectivity index (χ2n) is 5.93. The summed E-state index contributed by atoms with van der Waals surface area (Å²) < 4.78 is 27.2. The molecule has 0 saturated carbocycles. The fourth-order valence-electron chi connectivity index (χ4n) is 2.64. The Morgan fingerprint density at radius 2 is 1.84 bits per heavy atom. The lowest BCUT2D eigenvalue weighted by molar-refractivity contribution is 0.0945. The molecule has 6 nitrogen and oxygen atoms in total. The number of amides is 1. The molecule has 1 fully saturated rings. The molecule has 0 unspecified atom stereocenters. The van der Waals surface area contributed by atoms with Gasteiger partial charge in [0.05, 0.1) is 0 Å². The molecule has 1 aromatic heterocycles. The Kier molecular flexibility index (Phi) is 5.18. The monoisotopic (exact) mass is 347 g/mol. The molecule has 2 heterocycles. The first-order valence-electron chi connectivity index (χ1n) is 8.01. The molecule has 1 N–H and O–H groups in total.